The number of nitrogens with one attached hydrogen (secondary N) is 1. The summed E-state index contributed by atoms with van der Waals surface area (Å²) < 4.78 is 43.6. The summed E-state index contributed by atoms with van der Waals surface area (Å²) in [6, 6.07) is 2.23. The number of aromatic nitrogens is 1. The smallest absolute Gasteiger partial charge is 0.326 e. The number of sulfonamides is 1. The van der Waals surface area contributed by atoms with E-state index in [2.05, 4.69) is 9.72 Å². The standard InChI is InChI=1S/C10H13FN2O4S/c1-10(2,9(14)17-3)13-18(15,16)8-7(11)5-4-6-12-8/h4-6,13H,1-3H3. The van der Waals surface area contributed by atoms with Gasteiger partial charge in [-0.25, -0.2) is 17.8 Å². The van der Waals surface area contributed by atoms with Crippen LogP contribution in [-0.2, 0) is 19.6 Å². The van der Waals surface area contributed by atoms with E-state index in [4.69, 9.17) is 0 Å². The Hall–Kier alpha value is -1.54. The molecule has 0 aliphatic heterocycles. The molecule has 1 rings (SSSR count). The zero-order valence-electron chi connectivity index (χ0n) is 10.1. The zero-order valence-corrected chi connectivity index (χ0v) is 10.9. The molecule has 0 atom stereocenters. The van der Waals surface area contributed by atoms with Gasteiger partial charge >= 0.3 is 5.97 Å². The van der Waals surface area contributed by atoms with Crippen molar-refractivity contribution in [3.63, 3.8) is 0 Å². The molecule has 8 heteroatoms. The van der Waals surface area contributed by atoms with Crippen molar-refractivity contribution in [2.24, 2.45) is 0 Å². The van der Waals surface area contributed by atoms with Gasteiger partial charge in [0, 0.05) is 6.20 Å². The quantitative estimate of drug-likeness (QED) is 0.807. The van der Waals surface area contributed by atoms with E-state index in [9.17, 15) is 17.6 Å². The van der Waals surface area contributed by atoms with Gasteiger partial charge in [0.1, 0.15) is 5.54 Å². The van der Waals surface area contributed by atoms with Gasteiger partial charge in [0.15, 0.2) is 5.82 Å². The van der Waals surface area contributed by atoms with Crippen molar-refractivity contribution in [2.45, 2.75) is 24.4 Å². The Labute approximate surface area is 104 Å². The molecule has 0 fully saturated rings. The Morgan fingerprint density at radius 3 is 2.61 bits per heavy atom. The van der Waals surface area contributed by atoms with E-state index in [1.165, 1.54) is 19.9 Å². The number of methoxy groups -OCH3 is 1. The first-order valence-electron chi connectivity index (χ1n) is 4.93. The SMILES string of the molecule is COC(=O)C(C)(C)NS(=O)(=O)c1ncccc1F. The van der Waals surface area contributed by atoms with Crippen LogP contribution in [0.25, 0.3) is 0 Å². The number of ether oxygens (including phenoxy) is 1. The van der Waals surface area contributed by atoms with E-state index < -0.39 is 32.4 Å². The van der Waals surface area contributed by atoms with Crippen LogP contribution in [0.2, 0.25) is 0 Å². The van der Waals surface area contributed by atoms with Crippen LogP contribution >= 0.6 is 0 Å². The maximum Gasteiger partial charge on any atom is 0.326 e. The number of hydrogen-bond acceptors (Lipinski definition) is 5. The lowest BCUT2D eigenvalue weighted by atomic mass is 10.1. The van der Waals surface area contributed by atoms with Crippen LogP contribution in [-0.4, -0.2) is 32.0 Å². The maximum atomic E-state index is 13.3. The van der Waals surface area contributed by atoms with Gasteiger partial charge in [-0.05, 0) is 26.0 Å². The second-order valence-corrected chi connectivity index (χ2v) is 5.61. The molecule has 18 heavy (non-hydrogen) atoms. The molecule has 0 bridgehead atoms. The molecule has 0 amide bonds. The van der Waals surface area contributed by atoms with E-state index in [0.717, 1.165) is 19.4 Å². The molecule has 0 aliphatic carbocycles. The highest BCUT2D eigenvalue weighted by atomic mass is 32.2. The van der Waals surface area contributed by atoms with Crippen molar-refractivity contribution < 1.29 is 22.3 Å². The third-order valence-electron chi connectivity index (χ3n) is 2.06. The molecular weight excluding hydrogens is 263 g/mol. The number of esters is 1. The summed E-state index contributed by atoms with van der Waals surface area (Å²) in [6.07, 6.45) is 1.14. The highest BCUT2D eigenvalue weighted by Gasteiger charge is 2.35. The second-order valence-electron chi connectivity index (χ2n) is 4.01. The Balaban J connectivity index is 3.11. The lowest BCUT2D eigenvalue weighted by Crippen LogP contribution is -2.50. The topological polar surface area (TPSA) is 85.4 Å². The number of carbonyl (C=O) groups is 1. The van der Waals surface area contributed by atoms with Crippen molar-refractivity contribution in [3.8, 4) is 0 Å². The van der Waals surface area contributed by atoms with Crippen LogP contribution in [0.15, 0.2) is 23.4 Å². The van der Waals surface area contributed by atoms with Crippen molar-refractivity contribution in [1.82, 2.24) is 9.71 Å². The van der Waals surface area contributed by atoms with Crippen LogP contribution in [0, 0.1) is 5.82 Å². The van der Waals surface area contributed by atoms with Gasteiger partial charge in [-0.1, -0.05) is 0 Å². The first-order valence-corrected chi connectivity index (χ1v) is 6.42. The minimum absolute atomic E-state index is 0.762. The summed E-state index contributed by atoms with van der Waals surface area (Å²) >= 11 is 0. The lowest BCUT2D eigenvalue weighted by Gasteiger charge is -2.22. The van der Waals surface area contributed by atoms with Gasteiger partial charge in [0.2, 0.25) is 5.03 Å². The monoisotopic (exact) mass is 276 g/mol. The number of rotatable bonds is 4. The number of pyridine rings is 1. The molecule has 0 radical (unpaired) electrons. The lowest BCUT2D eigenvalue weighted by molar-refractivity contribution is -0.146. The van der Waals surface area contributed by atoms with E-state index in [-0.39, 0.29) is 0 Å². The fourth-order valence-corrected chi connectivity index (χ4v) is 2.63. The molecule has 1 N–H and O–H groups in total. The van der Waals surface area contributed by atoms with Crippen molar-refractivity contribution >= 4 is 16.0 Å². The highest BCUT2D eigenvalue weighted by Crippen LogP contribution is 2.14. The first-order chi connectivity index (χ1) is 8.20. The Morgan fingerprint density at radius 1 is 1.50 bits per heavy atom. The number of halogens is 1. The highest BCUT2D eigenvalue weighted by molar-refractivity contribution is 7.89. The summed E-state index contributed by atoms with van der Waals surface area (Å²) in [6.45, 7) is 2.61. The fraction of sp³-hybridized carbons (Fsp3) is 0.400. The van der Waals surface area contributed by atoms with Gasteiger partial charge in [-0.2, -0.15) is 4.72 Å². The third kappa shape index (κ3) is 3.02. The number of carbonyl (C=O) groups excluding carboxylic acids is 1. The van der Waals surface area contributed by atoms with Crippen molar-refractivity contribution in [2.75, 3.05) is 7.11 Å². The first kappa shape index (κ1) is 14.5. The van der Waals surface area contributed by atoms with Gasteiger partial charge in [0.05, 0.1) is 7.11 Å². The van der Waals surface area contributed by atoms with Gasteiger partial charge < -0.3 is 4.74 Å². The Bertz CT molecular complexity index is 557. The number of nitrogens with zero attached hydrogens (tertiary/aromatic N) is 1. The minimum atomic E-state index is -4.24. The van der Waals surface area contributed by atoms with Crippen LogP contribution in [0.1, 0.15) is 13.8 Å². The molecule has 1 aromatic heterocycles. The molecule has 100 valence electrons. The van der Waals surface area contributed by atoms with Crippen LogP contribution in [0.3, 0.4) is 0 Å². The molecule has 1 aromatic rings. The molecular formula is C10H13FN2O4S. The van der Waals surface area contributed by atoms with Gasteiger partial charge in [-0.15, -0.1) is 0 Å². The zero-order chi connectivity index (χ0) is 14.0. The van der Waals surface area contributed by atoms with Gasteiger partial charge in [-0.3, -0.25) is 4.79 Å². The molecule has 0 aromatic carbocycles. The third-order valence-corrected chi connectivity index (χ3v) is 3.65. The van der Waals surface area contributed by atoms with Crippen LogP contribution in [0.5, 0.6) is 0 Å². The van der Waals surface area contributed by atoms with Crippen LogP contribution in [0.4, 0.5) is 4.39 Å². The predicted molar refractivity (Wildman–Crippen MR) is 60.6 cm³/mol. The van der Waals surface area contributed by atoms with Crippen LogP contribution < -0.4 is 4.72 Å². The Morgan fingerprint density at radius 2 is 2.11 bits per heavy atom. The summed E-state index contributed by atoms with van der Waals surface area (Å²) in [4.78, 5) is 14.8. The van der Waals surface area contributed by atoms with Crippen molar-refractivity contribution in [1.29, 1.82) is 0 Å². The summed E-state index contributed by atoms with van der Waals surface area (Å²) in [5.41, 5.74) is -1.52. The minimum Gasteiger partial charge on any atom is -0.468 e. The van der Waals surface area contributed by atoms with Gasteiger partial charge in [0.25, 0.3) is 10.0 Å². The Kier molecular flexibility index (Phi) is 4.02. The molecule has 0 saturated heterocycles. The average molecular weight is 276 g/mol. The second kappa shape index (κ2) is 4.99. The molecule has 0 unspecified atom stereocenters. The normalized spacial score (nSPS) is 12.2. The molecule has 0 aliphatic rings. The summed E-state index contributed by atoms with van der Waals surface area (Å²) in [5, 5.41) is -0.762. The molecule has 0 spiro atoms. The predicted octanol–water partition coefficient (Wildman–Crippen LogP) is 0.451. The fourth-order valence-electron chi connectivity index (χ4n) is 1.25. The molecule has 1 heterocycles. The maximum absolute atomic E-state index is 13.3. The van der Waals surface area contributed by atoms with E-state index in [1.807, 2.05) is 4.72 Å². The van der Waals surface area contributed by atoms with Crippen molar-refractivity contribution in [3.05, 3.63) is 24.1 Å². The number of hydrogen-bond donors (Lipinski definition) is 1. The molecule has 6 nitrogen and oxygen atoms in total. The summed E-state index contributed by atoms with van der Waals surface area (Å²) in [7, 11) is -3.12. The average Bonchev–Trinajstić information content (AvgIpc) is 2.26. The van der Waals surface area contributed by atoms with E-state index in [0.29, 0.717) is 0 Å². The van der Waals surface area contributed by atoms with E-state index in [1.54, 1.807) is 0 Å². The summed E-state index contributed by atoms with van der Waals surface area (Å²) in [5.74, 6) is -1.78. The molecule has 0 saturated carbocycles. The largest absolute Gasteiger partial charge is 0.468 e. The van der Waals surface area contributed by atoms with E-state index >= 15 is 0 Å².